The number of hydrogen-bond donors (Lipinski definition) is 1. The predicted octanol–water partition coefficient (Wildman–Crippen LogP) is 3.61. The summed E-state index contributed by atoms with van der Waals surface area (Å²) in [5.41, 5.74) is 0.695. The quantitative estimate of drug-likeness (QED) is 0.750. The fraction of sp³-hybridized carbons (Fsp3) is 0.312. The van der Waals surface area contributed by atoms with Crippen molar-refractivity contribution >= 4 is 33.3 Å². The van der Waals surface area contributed by atoms with E-state index in [0.717, 1.165) is 29.7 Å². The molecule has 1 amide bonds. The van der Waals surface area contributed by atoms with Crippen LogP contribution in [-0.2, 0) is 17.8 Å². The van der Waals surface area contributed by atoms with Gasteiger partial charge in [0.2, 0.25) is 11.0 Å². The summed E-state index contributed by atoms with van der Waals surface area (Å²) in [4.78, 5) is 12.1. The van der Waals surface area contributed by atoms with Crippen molar-refractivity contribution in [2.75, 3.05) is 5.32 Å². The third kappa shape index (κ3) is 3.73. The van der Waals surface area contributed by atoms with Crippen LogP contribution in [-0.4, -0.2) is 20.7 Å². The molecule has 0 unspecified atom stereocenters. The summed E-state index contributed by atoms with van der Waals surface area (Å²) in [7, 11) is 0. The van der Waals surface area contributed by atoms with Gasteiger partial charge in [0, 0.05) is 12.6 Å². The summed E-state index contributed by atoms with van der Waals surface area (Å²) in [5.74, 6) is -0.521. The number of halogens is 1. The fourth-order valence-electron chi connectivity index (χ4n) is 2.34. The van der Waals surface area contributed by atoms with Gasteiger partial charge in [0.1, 0.15) is 17.4 Å². The fourth-order valence-corrected chi connectivity index (χ4v) is 3.14. The molecule has 0 spiro atoms. The van der Waals surface area contributed by atoms with Crippen molar-refractivity contribution in [2.45, 2.75) is 32.7 Å². The highest BCUT2D eigenvalue weighted by Gasteiger charge is 2.10. The highest BCUT2D eigenvalue weighted by Crippen LogP contribution is 2.19. The van der Waals surface area contributed by atoms with Gasteiger partial charge in [-0.15, -0.1) is 10.2 Å². The molecule has 2 heterocycles. The Morgan fingerprint density at radius 3 is 3.04 bits per heavy atom. The van der Waals surface area contributed by atoms with E-state index in [9.17, 15) is 9.18 Å². The Bertz CT molecular complexity index is 826. The van der Waals surface area contributed by atoms with Crippen molar-refractivity contribution in [3.05, 3.63) is 41.3 Å². The summed E-state index contributed by atoms with van der Waals surface area (Å²) in [5, 5.41) is 13.1. The molecule has 0 atom stereocenters. The molecule has 0 fully saturated rings. The maximum Gasteiger partial charge on any atom is 0.246 e. The van der Waals surface area contributed by atoms with Gasteiger partial charge in [0.15, 0.2) is 0 Å². The van der Waals surface area contributed by atoms with Gasteiger partial charge in [-0.2, -0.15) is 0 Å². The van der Waals surface area contributed by atoms with E-state index in [2.05, 4.69) is 22.4 Å². The molecule has 0 aliphatic heterocycles. The minimum atomic E-state index is -0.317. The van der Waals surface area contributed by atoms with Crippen LogP contribution in [0.2, 0.25) is 0 Å². The van der Waals surface area contributed by atoms with Gasteiger partial charge >= 0.3 is 0 Å². The zero-order valence-electron chi connectivity index (χ0n) is 12.8. The van der Waals surface area contributed by atoms with Crippen molar-refractivity contribution in [2.24, 2.45) is 0 Å². The molecule has 1 N–H and O–H groups in total. The summed E-state index contributed by atoms with van der Waals surface area (Å²) in [6.07, 6.45) is 4.81. The minimum absolute atomic E-state index is 0.108. The molecule has 120 valence electrons. The highest BCUT2D eigenvalue weighted by atomic mass is 32.1. The Kier molecular flexibility index (Phi) is 4.66. The first-order valence-electron chi connectivity index (χ1n) is 7.52. The molecule has 2 aromatic heterocycles. The lowest BCUT2D eigenvalue weighted by atomic mass is 10.2. The van der Waals surface area contributed by atoms with Crippen LogP contribution in [0.1, 0.15) is 24.8 Å². The SMILES string of the molecule is CCCCc1nnc(NC(=O)Cn2ccc3ccc(F)cc32)s1. The number of anilines is 1. The van der Waals surface area contributed by atoms with Crippen LogP contribution in [0.15, 0.2) is 30.5 Å². The second kappa shape index (κ2) is 6.87. The Morgan fingerprint density at radius 2 is 2.22 bits per heavy atom. The molecule has 7 heteroatoms. The average molecular weight is 332 g/mol. The van der Waals surface area contributed by atoms with Crippen molar-refractivity contribution in [1.82, 2.24) is 14.8 Å². The van der Waals surface area contributed by atoms with Crippen molar-refractivity contribution < 1.29 is 9.18 Å². The van der Waals surface area contributed by atoms with E-state index in [-0.39, 0.29) is 18.3 Å². The van der Waals surface area contributed by atoms with Gasteiger partial charge in [-0.05, 0) is 36.1 Å². The van der Waals surface area contributed by atoms with E-state index in [0.29, 0.717) is 10.6 Å². The van der Waals surface area contributed by atoms with Crippen LogP contribution in [0.5, 0.6) is 0 Å². The lowest BCUT2D eigenvalue weighted by Gasteiger charge is -2.05. The van der Waals surface area contributed by atoms with E-state index >= 15 is 0 Å². The normalized spacial score (nSPS) is 11.0. The Labute approximate surface area is 137 Å². The number of fused-ring (bicyclic) bond motifs is 1. The van der Waals surface area contributed by atoms with Gasteiger partial charge in [0.25, 0.3) is 0 Å². The first-order chi connectivity index (χ1) is 11.2. The van der Waals surface area contributed by atoms with Gasteiger partial charge in [0.05, 0.1) is 5.52 Å². The molecular weight excluding hydrogens is 315 g/mol. The van der Waals surface area contributed by atoms with E-state index < -0.39 is 0 Å². The zero-order chi connectivity index (χ0) is 16.2. The maximum absolute atomic E-state index is 13.4. The number of amides is 1. The monoisotopic (exact) mass is 332 g/mol. The van der Waals surface area contributed by atoms with Gasteiger partial charge in [-0.3, -0.25) is 10.1 Å². The number of nitrogens with one attached hydrogen (secondary N) is 1. The molecule has 0 saturated carbocycles. The Hall–Kier alpha value is -2.28. The molecular formula is C16H17FN4OS. The number of aryl methyl sites for hydroxylation is 1. The Morgan fingerprint density at radius 1 is 1.35 bits per heavy atom. The van der Waals surface area contributed by atoms with Crippen molar-refractivity contribution in [3.63, 3.8) is 0 Å². The van der Waals surface area contributed by atoms with Crippen LogP contribution in [0.3, 0.4) is 0 Å². The van der Waals surface area contributed by atoms with Crippen LogP contribution in [0.4, 0.5) is 9.52 Å². The third-order valence-electron chi connectivity index (χ3n) is 3.51. The zero-order valence-corrected chi connectivity index (χ0v) is 13.6. The van der Waals surface area contributed by atoms with E-state index in [1.54, 1.807) is 16.8 Å². The third-order valence-corrected chi connectivity index (χ3v) is 4.41. The van der Waals surface area contributed by atoms with Crippen molar-refractivity contribution in [1.29, 1.82) is 0 Å². The number of carbonyl (C=O) groups is 1. The summed E-state index contributed by atoms with van der Waals surface area (Å²) >= 11 is 1.40. The lowest BCUT2D eigenvalue weighted by molar-refractivity contribution is -0.116. The van der Waals surface area contributed by atoms with Crippen LogP contribution in [0, 0.1) is 5.82 Å². The number of benzene rings is 1. The molecule has 0 radical (unpaired) electrons. The first-order valence-corrected chi connectivity index (χ1v) is 8.34. The van der Waals surface area contributed by atoms with Crippen LogP contribution < -0.4 is 5.32 Å². The van der Waals surface area contributed by atoms with Gasteiger partial charge < -0.3 is 4.57 Å². The number of hydrogen-bond acceptors (Lipinski definition) is 4. The van der Waals surface area contributed by atoms with Crippen LogP contribution >= 0.6 is 11.3 Å². The van der Waals surface area contributed by atoms with E-state index in [1.165, 1.54) is 23.5 Å². The minimum Gasteiger partial charge on any atom is -0.338 e. The van der Waals surface area contributed by atoms with E-state index in [4.69, 9.17) is 0 Å². The molecule has 1 aromatic carbocycles. The topological polar surface area (TPSA) is 59.8 Å². The number of carbonyl (C=O) groups excluding carboxylic acids is 1. The number of aromatic nitrogens is 3. The number of unbranched alkanes of at least 4 members (excludes halogenated alkanes) is 1. The second-order valence-corrected chi connectivity index (χ2v) is 6.36. The number of rotatable bonds is 6. The van der Waals surface area contributed by atoms with Crippen molar-refractivity contribution in [3.8, 4) is 0 Å². The first kappa shape index (κ1) is 15.6. The molecule has 23 heavy (non-hydrogen) atoms. The molecule has 3 rings (SSSR count). The number of nitrogens with zero attached hydrogens (tertiary/aromatic N) is 3. The summed E-state index contributed by atoms with van der Waals surface area (Å²) in [6, 6.07) is 6.39. The standard InChI is InChI=1S/C16H17FN4OS/c1-2-3-4-15-19-20-16(23-15)18-14(22)10-21-8-7-11-5-6-12(17)9-13(11)21/h5-9H,2-4,10H2,1H3,(H,18,20,22). The highest BCUT2D eigenvalue weighted by molar-refractivity contribution is 7.15. The van der Waals surface area contributed by atoms with Gasteiger partial charge in [-0.1, -0.05) is 24.7 Å². The maximum atomic E-state index is 13.4. The molecule has 3 aromatic rings. The summed E-state index contributed by atoms with van der Waals surface area (Å²) < 4.78 is 15.1. The predicted molar refractivity (Wildman–Crippen MR) is 89.0 cm³/mol. The van der Waals surface area contributed by atoms with E-state index in [1.807, 2.05) is 6.07 Å². The molecule has 5 nitrogen and oxygen atoms in total. The second-order valence-electron chi connectivity index (χ2n) is 5.30. The molecule has 0 saturated heterocycles. The lowest BCUT2D eigenvalue weighted by Crippen LogP contribution is -2.18. The largest absolute Gasteiger partial charge is 0.338 e. The average Bonchev–Trinajstić information content (AvgIpc) is 3.12. The van der Waals surface area contributed by atoms with Crippen LogP contribution in [0.25, 0.3) is 10.9 Å². The van der Waals surface area contributed by atoms with Gasteiger partial charge in [-0.25, -0.2) is 4.39 Å². The molecule has 0 aliphatic rings. The Balaban J connectivity index is 1.66. The molecule has 0 bridgehead atoms. The smallest absolute Gasteiger partial charge is 0.246 e. The molecule has 0 aliphatic carbocycles. The summed E-state index contributed by atoms with van der Waals surface area (Å²) in [6.45, 7) is 2.23.